The van der Waals surface area contributed by atoms with Gasteiger partial charge in [-0.15, -0.1) is 0 Å². The Labute approximate surface area is 111 Å². The van der Waals surface area contributed by atoms with E-state index in [1.807, 2.05) is 38.1 Å². The molecule has 0 aliphatic rings. The normalized spacial score (nSPS) is 11.4. The van der Waals surface area contributed by atoms with Crippen LogP contribution in [-0.4, -0.2) is 20.9 Å². The van der Waals surface area contributed by atoms with E-state index in [-0.39, 0.29) is 5.69 Å². The zero-order valence-corrected chi connectivity index (χ0v) is 10.8. The van der Waals surface area contributed by atoms with Crippen molar-refractivity contribution in [1.82, 2.24) is 15.0 Å². The number of amides is 1. The van der Waals surface area contributed by atoms with Gasteiger partial charge in [-0.1, -0.05) is 6.07 Å². The zero-order chi connectivity index (χ0) is 13.8. The maximum Gasteiger partial charge on any atom is 0.268 e. The van der Waals surface area contributed by atoms with Crippen LogP contribution in [0.25, 0.3) is 11.6 Å². The Balaban J connectivity index is 2.51. The first kappa shape index (κ1) is 12.9. The van der Waals surface area contributed by atoms with Crippen molar-refractivity contribution in [2.45, 2.75) is 13.8 Å². The van der Waals surface area contributed by atoms with Crippen LogP contribution in [0.4, 0.5) is 0 Å². The molecular weight excluding hydrogens is 240 g/mol. The Hall–Kier alpha value is -2.56. The molecule has 5 nitrogen and oxygen atoms in total. The van der Waals surface area contributed by atoms with Crippen LogP contribution in [0.3, 0.4) is 0 Å². The molecule has 2 rings (SSSR count). The third kappa shape index (κ3) is 2.82. The van der Waals surface area contributed by atoms with Crippen LogP contribution >= 0.6 is 0 Å². The van der Waals surface area contributed by atoms with Gasteiger partial charge in [0.15, 0.2) is 0 Å². The molecule has 0 radical (unpaired) electrons. The number of aromatic nitrogens is 3. The number of pyridine rings is 1. The summed E-state index contributed by atoms with van der Waals surface area (Å²) in [5.41, 5.74) is 8.65. The van der Waals surface area contributed by atoms with E-state index in [0.29, 0.717) is 11.3 Å². The third-order valence-electron chi connectivity index (χ3n) is 2.75. The summed E-state index contributed by atoms with van der Waals surface area (Å²) in [4.78, 5) is 23.7. The highest BCUT2D eigenvalue weighted by Gasteiger charge is 2.11. The molecule has 0 saturated heterocycles. The molecule has 2 aromatic heterocycles. The number of rotatable bonds is 3. The zero-order valence-electron chi connectivity index (χ0n) is 10.8. The molecule has 0 aliphatic carbocycles. The van der Waals surface area contributed by atoms with Crippen LogP contribution in [-0.2, 0) is 0 Å². The molecular formula is C14H14N4O. The molecule has 0 spiro atoms. The van der Waals surface area contributed by atoms with Crippen LogP contribution in [0.5, 0.6) is 0 Å². The molecule has 0 atom stereocenters. The summed E-state index contributed by atoms with van der Waals surface area (Å²) in [5.74, 6) is -0.564. The predicted molar refractivity (Wildman–Crippen MR) is 73.1 cm³/mol. The summed E-state index contributed by atoms with van der Waals surface area (Å²) >= 11 is 0. The summed E-state index contributed by atoms with van der Waals surface area (Å²) in [5, 5.41) is 0. The molecule has 2 heterocycles. The Morgan fingerprint density at radius 3 is 2.68 bits per heavy atom. The minimum Gasteiger partial charge on any atom is -0.364 e. The number of hydrogen-bond donors (Lipinski definition) is 1. The lowest BCUT2D eigenvalue weighted by Crippen LogP contribution is -2.16. The van der Waals surface area contributed by atoms with Gasteiger partial charge in [0.2, 0.25) is 0 Å². The SMILES string of the molecule is C/C(=C\c1c(C)ncnc1C(N)=O)c1ccccn1. The average molecular weight is 254 g/mol. The minimum absolute atomic E-state index is 0.225. The van der Waals surface area contributed by atoms with E-state index >= 15 is 0 Å². The number of primary amides is 1. The standard InChI is InChI=1S/C14H14N4O/c1-9(12-5-3-4-6-16-12)7-11-10(2)17-8-18-13(11)14(15)19/h3-8H,1-2H3,(H2,15,19)/b9-7+. The van der Waals surface area contributed by atoms with Crippen molar-refractivity contribution in [3.63, 3.8) is 0 Å². The summed E-state index contributed by atoms with van der Waals surface area (Å²) in [6.07, 6.45) is 4.89. The maximum atomic E-state index is 11.4. The molecule has 0 aliphatic heterocycles. The van der Waals surface area contributed by atoms with E-state index in [1.165, 1.54) is 6.33 Å². The van der Waals surface area contributed by atoms with Gasteiger partial charge in [0.05, 0.1) is 5.69 Å². The number of allylic oxidation sites excluding steroid dienone is 1. The van der Waals surface area contributed by atoms with Crippen LogP contribution < -0.4 is 5.73 Å². The van der Waals surface area contributed by atoms with E-state index in [9.17, 15) is 4.79 Å². The van der Waals surface area contributed by atoms with E-state index in [1.54, 1.807) is 6.20 Å². The van der Waals surface area contributed by atoms with E-state index in [0.717, 1.165) is 11.3 Å². The molecule has 5 heteroatoms. The minimum atomic E-state index is -0.564. The molecule has 1 amide bonds. The number of aryl methyl sites for hydroxylation is 1. The van der Waals surface area contributed by atoms with Crippen LogP contribution in [0.15, 0.2) is 30.7 Å². The first-order valence-corrected chi connectivity index (χ1v) is 5.80. The Kier molecular flexibility index (Phi) is 3.66. The number of carbonyl (C=O) groups is 1. The lowest BCUT2D eigenvalue weighted by atomic mass is 10.1. The van der Waals surface area contributed by atoms with Gasteiger partial charge in [-0.25, -0.2) is 9.97 Å². The fraction of sp³-hybridized carbons (Fsp3) is 0.143. The van der Waals surface area contributed by atoms with Crippen LogP contribution in [0.1, 0.15) is 34.4 Å². The van der Waals surface area contributed by atoms with Crippen LogP contribution in [0.2, 0.25) is 0 Å². The van der Waals surface area contributed by atoms with E-state index in [4.69, 9.17) is 5.73 Å². The molecule has 0 unspecified atom stereocenters. The highest BCUT2D eigenvalue weighted by atomic mass is 16.1. The maximum absolute atomic E-state index is 11.4. The van der Waals surface area contributed by atoms with E-state index in [2.05, 4.69) is 15.0 Å². The van der Waals surface area contributed by atoms with Gasteiger partial charge in [-0.3, -0.25) is 9.78 Å². The van der Waals surface area contributed by atoms with Crippen molar-refractivity contribution in [3.05, 3.63) is 53.4 Å². The van der Waals surface area contributed by atoms with Gasteiger partial charge in [0.25, 0.3) is 5.91 Å². The summed E-state index contributed by atoms with van der Waals surface area (Å²) < 4.78 is 0. The van der Waals surface area contributed by atoms with Crippen molar-refractivity contribution in [1.29, 1.82) is 0 Å². The summed E-state index contributed by atoms with van der Waals surface area (Å²) in [6, 6.07) is 5.65. The molecule has 0 saturated carbocycles. The molecule has 2 aromatic rings. The lowest BCUT2D eigenvalue weighted by molar-refractivity contribution is 0.0995. The smallest absolute Gasteiger partial charge is 0.268 e. The average Bonchev–Trinajstić information content (AvgIpc) is 2.41. The quantitative estimate of drug-likeness (QED) is 0.906. The van der Waals surface area contributed by atoms with Crippen molar-refractivity contribution in [3.8, 4) is 0 Å². The second-order valence-electron chi connectivity index (χ2n) is 4.13. The molecule has 96 valence electrons. The Bertz CT molecular complexity index is 635. The third-order valence-corrected chi connectivity index (χ3v) is 2.75. The topological polar surface area (TPSA) is 81.8 Å². The Morgan fingerprint density at radius 2 is 2.05 bits per heavy atom. The van der Waals surface area contributed by atoms with Crippen LogP contribution in [0, 0.1) is 6.92 Å². The second-order valence-corrected chi connectivity index (χ2v) is 4.13. The fourth-order valence-electron chi connectivity index (χ4n) is 1.74. The lowest BCUT2D eigenvalue weighted by Gasteiger charge is -2.06. The van der Waals surface area contributed by atoms with Crippen molar-refractivity contribution in [2.24, 2.45) is 5.73 Å². The van der Waals surface area contributed by atoms with Gasteiger partial charge < -0.3 is 5.73 Å². The van der Waals surface area contributed by atoms with Gasteiger partial charge in [-0.05, 0) is 37.6 Å². The molecule has 2 N–H and O–H groups in total. The van der Waals surface area contributed by atoms with Gasteiger partial charge in [0.1, 0.15) is 12.0 Å². The number of carbonyl (C=O) groups excluding carboxylic acids is 1. The predicted octanol–water partition coefficient (Wildman–Crippen LogP) is 1.84. The van der Waals surface area contributed by atoms with Crippen molar-refractivity contribution < 1.29 is 4.79 Å². The molecule has 19 heavy (non-hydrogen) atoms. The first-order valence-electron chi connectivity index (χ1n) is 5.80. The highest BCUT2D eigenvalue weighted by Crippen LogP contribution is 2.18. The summed E-state index contributed by atoms with van der Waals surface area (Å²) in [7, 11) is 0. The first-order chi connectivity index (χ1) is 9.09. The Morgan fingerprint density at radius 1 is 1.26 bits per heavy atom. The van der Waals surface area contributed by atoms with Gasteiger partial charge >= 0.3 is 0 Å². The van der Waals surface area contributed by atoms with Crippen molar-refractivity contribution in [2.75, 3.05) is 0 Å². The highest BCUT2D eigenvalue weighted by molar-refractivity contribution is 5.96. The molecule has 0 bridgehead atoms. The second kappa shape index (κ2) is 5.39. The number of nitrogens with two attached hydrogens (primary N) is 1. The monoisotopic (exact) mass is 254 g/mol. The van der Waals surface area contributed by atoms with Crippen molar-refractivity contribution >= 4 is 17.6 Å². The number of nitrogens with zero attached hydrogens (tertiary/aromatic N) is 3. The van der Waals surface area contributed by atoms with Gasteiger partial charge in [0, 0.05) is 17.5 Å². The van der Waals surface area contributed by atoms with Gasteiger partial charge in [-0.2, -0.15) is 0 Å². The fourth-order valence-corrected chi connectivity index (χ4v) is 1.74. The van der Waals surface area contributed by atoms with E-state index < -0.39 is 5.91 Å². The summed E-state index contributed by atoms with van der Waals surface area (Å²) in [6.45, 7) is 3.73. The molecule has 0 aromatic carbocycles. The number of hydrogen-bond acceptors (Lipinski definition) is 4. The largest absolute Gasteiger partial charge is 0.364 e. The molecule has 0 fully saturated rings.